The van der Waals surface area contributed by atoms with Crippen LogP contribution in [0.3, 0.4) is 0 Å². The van der Waals surface area contributed by atoms with E-state index in [9.17, 15) is 9.18 Å². The second-order valence-corrected chi connectivity index (χ2v) is 7.75. The molecule has 1 aromatic heterocycles. The fourth-order valence-corrected chi connectivity index (χ4v) is 3.79. The lowest BCUT2D eigenvalue weighted by atomic mass is 10.1. The number of carbonyl (C=O) groups excluding carboxylic acids is 1. The van der Waals surface area contributed by atoms with Gasteiger partial charge in [-0.05, 0) is 60.2 Å². The summed E-state index contributed by atoms with van der Waals surface area (Å²) in [7, 11) is 1.66. The van der Waals surface area contributed by atoms with E-state index in [4.69, 9.17) is 4.74 Å². The molecule has 0 spiro atoms. The summed E-state index contributed by atoms with van der Waals surface area (Å²) >= 11 is 0. The third-order valence-corrected chi connectivity index (χ3v) is 5.58. The molecule has 3 aromatic rings. The number of nitrogens with one attached hydrogen (secondary N) is 1. The highest BCUT2D eigenvalue weighted by molar-refractivity contribution is 5.94. The molecule has 4 rings (SSSR count). The first-order valence-electron chi connectivity index (χ1n) is 10.8. The molecule has 8 heteroatoms. The normalized spacial score (nSPS) is 14.4. The second-order valence-electron chi connectivity index (χ2n) is 7.75. The number of methoxy groups -OCH3 is 1. The standard InChI is InChI=1S/C25H26FN5O2/c1-33-24-7-2-19(17-28-29-25(32)20-8-10-27-11-9-20)16-21(24)18-30-12-14-31(15-13-30)23-5-3-22(26)4-6-23/h2-11,16-17H,12-15,18H2,1H3,(H,29,32)/b28-17+. The predicted molar refractivity (Wildman–Crippen MR) is 126 cm³/mol. The van der Waals surface area contributed by atoms with E-state index in [1.165, 1.54) is 12.1 Å². The van der Waals surface area contributed by atoms with Gasteiger partial charge in [0.2, 0.25) is 0 Å². The van der Waals surface area contributed by atoms with Crippen LogP contribution in [0.15, 0.2) is 72.1 Å². The van der Waals surface area contributed by atoms with E-state index in [2.05, 4.69) is 25.3 Å². The van der Waals surface area contributed by atoms with Crippen molar-refractivity contribution < 1.29 is 13.9 Å². The first-order valence-corrected chi connectivity index (χ1v) is 10.8. The Morgan fingerprint density at radius 3 is 2.52 bits per heavy atom. The second kappa shape index (κ2) is 10.7. The van der Waals surface area contributed by atoms with Gasteiger partial charge in [-0.1, -0.05) is 0 Å². The Hall–Kier alpha value is -3.78. The number of pyridine rings is 1. The van der Waals surface area contributed by atoms with E-state index < -0.39 is 0 Å². The highest BCUT2D eigenvalue weighted by Gasteiger charge is 2.19. The number of carbonyl (C=O) groups is 1. The Morgan fingerprint density at radius 1 is 1.09 bits per heavy atom. The van der Waals surface area contributed by atoms with Crippen molar-refractivity contribution >= 4 is 17.8 Å². The summed E-state index contributed by atoms with van der Waals surface area (Å²) in [6.07, 6.45) is 4.75. The van der Waals surface area contributed by atoms with Crippen molar-refractivity contribution in [2.24, 2.45) is 5.10 Å². The summed E-state index contributed by atoms with van der Waals surface area (Å²) in [5, 5.41) is 4.08. The van der Waals surface area contributed by atoms with Gasteiger partial charge >= 0.3 is 0 Å². The molecule has 0 aliphatic carbocycles. The Kier molecular flexibility index (Phi) is 7.26. The fraction of sp³-hybridized carbons (Fsp3) is 0.240. The number of hydrogen-bond donors (Lipinski definition) is 1. The molecule has 0 unspecified atom stereocenters. The zero-order chi connectivity index (χ0) is 23.0. The number of anilines is 1. The van der Waals surface area contributed by atoms with Gasteiger partial charge in [-0.3, -0.25) is 14.7 Å². The average Bonchev–Trinajstić information content (AvgIpc) is 2.86. The molecule has 0 radical (unpaired) electrons. The van der Waals surface area contributed by atoms with Crippen LogP contribution < -0.4 is 15.1 Å². The topological polar surface area (TPSA) is 70.1 Å². The Balaban J connectivity index is 1.36. The summed E-state index contributed by atoms with van der Waals surface area (Å²) in [6.45, 7) is 4.26. The smallest absolute Gasteiger partial charge is 0.271 e. The van der Waals surface area contributed by atoms with Gasteiger partial charge in [0, 0.05) is 61.9 Å². The van der Waals surface area contributed by atoms with Gasteiger partial charge in [0.05, 0.1) is 13.3 Å². The van der Waals surface area contributed by atoms with Crippen LogP contribution in [0.2, 0.25) is 0 Å². The van der Waals surface area contributed by atoms with E-state index in [-0.39, 0.29) is 11.7 Å². The molecule has 33 heavy (non-hydrogen) atoms. The van der Waals surface area contributed by atoms with Crippen molar-refractivity contribution in [1.29, 1.82) is 0 Å². The van der Waals surface area contributed by atoms with Crippen LogP contribution in [0.25, 0.3) is 0 Å². The first kappa shape index (κ1) is 22.4. The van der Waals surface area contributed by atoms with Gasteiger partial charge in [0.25, 0.3) is 5.91 Å². The van der Waals surface area contributed by atoms with E-state index in [1.54, 1.807) is 37.9 Å². The minimum atomic E-state index is -0.290. The highest BCUT2D eigenvalue weighted by Crippen LogP contribution is 2.23. The maximum Gasteiger partial charge on any atom is 0.271 e. The first-order chi connectivity index (χ1) is 16.1. The molecule has 1 aliphatic heterocycles. The molecule has 2 heterocycles. The molecular weight excluding hydrogens is 421 g/mol. The predicted octanol–water partition coefficient (Wildman–Crippen LogP) is 3.32. The van der Waals surface area contributed by atoms with E-state index >= 15 is 0 Å². The van der Waals surface area contributed by atoms with Crippen molar-refractivity contribution in [2.45, 2.75) is 6.54 Å². The van der Waals surface area contributed by atoms with Gasteiger partial charge in [0.15, 0.2) is 0 Å². The number of rotatable bonds is 7. The lowest BCUT2D eigenvalue weighted by Gasteiger charge is -2.36. The minimum absolute atomic E-state index is 0.218. The van der Waals surface area contributed by atoms with Crippen LogP contribution in [0.5, 0.6) is 5.75 Å². The molecule has 0 saturated carbocycles. The number of nitrogens with zero attached hydrogens (tertiary/aromatic N) is 4. The van der Waals surface area contributed by atoms with Crippen molar-refractivity contribution in [3.05, 3.63) is 89.5 Å². The number of amides is 1. The van der Waals surface area contributed by atoms with Crippen LogP contribution >= 0.6 is 0 Å². The van der Waals surface area contributed by atoms with Crippen LogP contribution in [-0.4, -0.2) is 55.3 Å². The van der Waals surface area contributed by atoms with Crippen molar-refractivity contribution in [3.63, 3.8) is 0 Å². The lowest BCUT2D eigenvalue weighted by molar-refractivity contribution is 0.0955. The molecule has 2 aromatic carbocycles. The lowest BCUT2D eigenvalue weighted by Crippen LogP contribution is -2.46. The maximum atomic E-state index is 13.2. The Bertz CT molecular complexity index is 1100. The molecule has 1 amide bonds. The van der Waals surface area contributed by atoms with Crippen LogP contribution in [0.1, 0.15) is 21.5 Å². The fourth-order valence-electron chi connectivity index (χ4n) is 3.79. The molecule has 170 valence electrons. The maximum absolute atomic E-state index is 13.2. The molecule has 0 bridgehead atoms. The van der Waals surface area contributed by atoms with Crippen molar-refractivity contribution in [3.8, 4) is 5.75 Å². The largest absolute Gasteiger partial charge is 0.496 e. The molecule has 1 fully saturated rings. The van der Waals surface area contributed by atoms with Crippen LogP contribution in [0, 0.1) is 5.82 Å². The minimum Gasteiger partial charge on any atom is -0.496 e. The van der Waals surface area contributed by atoms with E-state index in [0.717, 1.165) is 55.3 Å². The molecule has 1 N–H and O–H groups in total. The summed E-state index contributed by atoms with van der Waals surface area (Å²) in [4.78, 5) is 20.6. The zero-order valence-corrected chi connectivity index (χ0v) is 18.4. The molecular formula is C25H26FN5O2. The highest BCUT2D eigenvalue weighted by atomic mass is 19.1. The number of benzene rings is 2. The SMILES string of the molecule is COc1ccc(/C=N/NC(=O)c2ccncc2)cc1CN1CCN(c2ccc(F)cc2)CC1. The molecule has 7 nitrogen and oxygen atoms in total. The summed E-state index contributed by atoms with van der Waals surface area (Å²) in [5.74, 6) is 0.306. The number of aromatic nitrogens is 1. The van der Waals surface area contributed by atoms with Crippen LogP contribution in [-0.2, 0) is 6.54 Å². The van der Waals surface area contributed by atoms with Gasteiger partial charge < -0.3 is 9.64 Å². The molecule has 0 atom stereocenters. The third-order valence-electron chi connectivity index (χ3n) is 5.58. The van der Waals surface area contributed by atoms with Gasteiger partial charge in [-0.15, -0.1) is 0 Å². The number of halogens is 1. The average molecular weight is 448 g/mol. The van der Waals surface area contributed by atoms with E-state index in [1.807, 2.05) is 30.3 Å². The number of piperazine rings is 1. The molecule has 1 aliphatic rings. The summed E-state index contributed by atoms with van der Waals surface area (Å²) in [6, 6.07) is 15.7. The van der Waals surface area contributed by atoms with E-state index in [0.29, 0.717) is 5.56 Å². The Labute approximate surface area is 192 Å². The summed E-state index contributed by atoms with van der Waals surface area (Å²) in [5.41, 5.74) is 5.99. The van der Waals surface area contributed by atoms with Crippen molar-refractivity contribution in [1.82, 2.24) is 15.3 Å². The summed E-state index contributed by atoms with van der Waals surface area (Å²) < 4.78 is 18.7. The van der Waals surface area contributed by atoms with Crippen LogP contribution in [0.4, 0.5) is 10.1 Å². The van der Waals surface area contributed by atoms with Crippen molar-refractivity contribution in [2.75, 3.05) is 38.2 Å². The van der Waals surface area contributed by atoms with Gasteiger partial charge in [-0.2, -0.15) is 5.10 Å². The zero-order valence-electron chi connectivity index (χ0n) is 18.4. The molecule has 1 saturated heterocycles. The number of ether oxygens (including phenoxy) is 1. The third kappa shape index (κ3) is 5.93. The van der Waals surface area contributed by atoms with Gasteiger partial charge in [-0.25, -0.2) is 9.82 Å². The Morgan fingerprint density at radius 2 is 1.82 bits per heavy atom. The number of hydrogen-bond acceptors (Lipinski definition) is 6. The monoisotopic (exact) mass is 447 g/mol. The van der Waals surface area contributed by atoms with Gasteiger partial charge in [0.1, 0.15) is 11.6 Å². The quantitative estimate of drug-likeness (QED) is 0.445. The number of hydrazone groups is 1.